The van der Waals surface area contributed by atoms with E-state index in [1.807, 2.05) is 6.42 Å². The third-order valence-corrected chi connectivity index (χ3v) is 2.80. The quantitative estimate of drug-likeness (QED) is 0.794. The number of benzene rings is 1. The summed E-state index contributed by atoms with van der Waals surface area (Å²) in [5.41, 5.74) is 6.47. The van der Waals surface area contributed by atoms with Crippen molar-refractivity contribution in [2.45, 2.75) is 31.3 Å². The molecule has 0 bridgehead atoms. The molecule has 1 aromatic carbocycles. The fraction of sp³-hybridized carbons (Fsp3) is 0.462. The molecule has 1 aromatic rings. The van der Waals surface area contributed by atoms with Crippen molar-refractivity contribution in [3.05, 3.63) is 41.8 Å². The Labute approximate surface area is 100 Å². The molecular formula is C13H17F2N2. The third-order valence-electron chi connectivity index (χ3n) is 2.80. The Balaban J connectivity index is 1.77. The van der Waals surface area contributed by atoms with Gasteiger partial charge in [-0.1, -0.05) is 0 Å². The average Bonchev–Trinajstić information content (AvgIpc) is 2.99. The lowest BCUT2D eigenvalue weighted by Gasteiger charge is -2.12. The molecule has 2 rings (SSSR count). The van der Waals surface area contributed by atoms with Gasteiger partial charge in [0, 0.05) is 24.7 Å². The summed E-state index contributed by atoms with van der Waals surface area (Å²) >= 11 is 0. The van der Waals surface area contributed by atoms with Crippen LogP contribution in [0.1, 0.15) is 18.4 Å². The topological polar surface area (TPSA) is 38.0 Å². The van der Waals surface area contributed by atoms with Crippen LogP contribution in [0, 0.1) is 18.1 Å². The summed E-state index contributed by atoms with van der Waals surface area (Å²) in [6.07, 6.45) is 4.87. The molecule has 0 spiro atoms. The molecule has 1 radical (unpaired) electrons. The maximum atomic E-state index is 12.9. The van der Waals surface area contributed by atoms with Gasteiger partial charge in [0.05, 0.1) is 0 Å². The second-order valence-corrected chi connectivity index (χ2v) is 4.56. The number of nitrogens with one attached hydrogen (secondary N) is 1. The van der Waals surface area contributed by atoms with Gasteiger partial charge in [-0.2, -0.15) is 0 Å². The van der Waals surface area contributed by atoms with E-state index in [1.54, 1.807) is 0 Å². The largest absolute Gasteiger partial charge is 0.327 e. The summed E-state index contributed by atoms with van der Waals surface area (Å²) < 4.78 is 25.9. The standard InChI is InChI=1S/C13H17F2N2/c14-10-5-9(6-11(15)8-10)7-12(16)3-4-17-13-1-2-13/h3,5-6,8,12-13,17H,1-2,4,7,16H2/t12-/m0/s1. The molecule has 1 aliphatic rings. The van der Waals surface area contributed by atoms with E-state index < -0.39 is 11.6 Å². The molecule has 0 heterocycles. The fourth-order valence-corrected chi connectivity index (χ4v) is 1.76. The Bertz CT molecular complexity index is 357. The summed E-state index contributed by atoms with van der Waals surface area (Å²) in [6, 6.07) is 3.98. The first-order chi connectivity index (χ1) is 8.13. The van der Waals surface area contributed by atoms with Crippen molar-refractivity contribution in [3.8, 4) is 0 Å². The number of rotatable bonds is 6. The van der Waals surface area contributed by atoms with Crippen LogP contribution in [0.3, 0.4) is 0 Å². The van der Waals surface area contributed by atoms with E-state index in [4.69, 9.17) is 5.73 Å². The van der Waals surface area contributed by atoms with E-state index in [2.05, 4.69) is 5.32 Å². The SMILES string of the molecule is N[C@@H]([CH]CNC1CC1)Cc1cc(F)cc(F)c1. The van der Waals surface area contributed by atoms with Crippen molar-refractivity contribution in [1.29, 1.82) is 0 Å². The maximum absolute atomic E-state index is 12.9. The van der Waals surface area contributed by atoms with Gasteiger partial charge in [0.15, 0.2) is 0 Å². The van der Waals surface area contributed by atoms with Crippen LogP contribution in [0.5, 0.6) is 0 Å². The molecule has 2 nitrogen and oxygen atoms in total. The second kappa shape index (κ2) is 5.56. The van der Waals surface area contributed by atoms with Crippen LogP contribution in [-0.4, -0.2) is 18.6 Å². The Morgan fingerprint density at radius 1 is 1.29 bits per heavy atom. The summed E-state index contributed by atoms with van der Waals surface area (Å²) in [4.78, 5) is 0. The lowest BCUT2D eigenvalue weighted by Crippen LogP contribution is -2.30. The van der Waals surface area contributed by atoms with Gasteiger partial charge in [0.1, 0.15) is 11.6 Å². The highest BCUT2D eigenvalue weighted by Gasteiger charge is 2.20. The van der Waals surface area contributed by atoms with Gasteiger partial charge in [-0.3, -0.25) is 0 Å². The number of hydrogen-bond acceptors (Lipinski definition) is 2. The molecule has 1 aliphatic carbocycles. The minimum atomic E-state index is -0.552. The van der Waals surface area contributed by atoms with Crippen LogP contribution in [0.15, 0.2) is 18.2 Å². The molecule has 0 saturated heterocycles. The predicted molar refractivity (Wildman–Crippen MR) is 63.4 cm³/mol. The van der Waals surface area contributed by atoms with Gasteiger partial charge in [-0.15, -0.1) is 0 Å². The van der Waals surface area contributed by atoms with E-state index >= 15 is 0 Å². The van der Waals surface area contributed by atoms with Crippen LogP contribution < -0.4 is 11.1 Å². The van der Waals surface area contributed by atoms with Crippen LogP contribution in [0.25, 0.3) is 0 Å². The molecule has 0 unspecified atom stereocenters. The first-order valence-corrected chi connectivity index (χ1v) is 5.91. The van der Waals surface area contributed by atoms with Crippen LogP contribution in [0.4, 0.5) is 8.78 Å². The summed E-state index contributed by atoms with van der Waals surface area (Å²) in [6.45, 7) is 0.754. The molecule has 17 heavy (non-hydrogen) atoms. The predicted octanol–water partition coefficient (Wildman–Crippen LogP) is 1.79. The molecule has 1 fully saturated rings. The molecule has 0 aromatic heterocycles. The van der Waals surface area contributed by atoms with Gasteiger partial charge >= 0.3 is 0 Å². The van der Waals surface area contributed by atoms with Crippen LogP contribution >= 0.6 is 0 Å². The van der Waals surface area contributed by atoms with Crippen molar-refractivity contribution in [3.63, 3.8) is 0 Å². The van der Waals surface area contributed by atoms with Gasteiger partial charge in [-0.25, -0.2) is 8.78 Å². The van der Waals surface area contributed by atoms with Crippen molar-refractivity contribution in [1.82, 2.24) is 5.32 Å². The summed E-state index contributed by atoms with van der Waals surface area (Å²) in [7, 11) is 0. The van der Waals surface area contributed by atoms with E-state index in [-0.39, 0.29) is 6.04 Å². The lowest BCUT2D eigenvalue weighted by atomic mass is 10.0. The summed E-state index contributed by atoms with van der Waals surface area (Å²) in [5.74, 6) is -1.10. The van der Waals surface area contributed by atoms with E-state index in [1.165, 1.54) is 25.0 Å². The van der Waals surface area contributed by atoms with Gasteiger partial charge in [0.25, 0.3) is 0 Å². The number of hydrogen-bond donors (Lipinski definition) is 2. The molecule has 4 heteroatoms. The zero-order valence-electron chi connectivity index (χ0n) is 9.63. The molecule has 1 atom stereocenters. The monoisotopic (exact) mass is 239 g/mol. The normalized spacial score (nSPS) is 17.1. The van der Waals surface area contributed by atoms with Gasteiger partial charge in [-0.05, 0) is 43.4 Å². The van der Waals surface area contributed by atoms with Crippen LogP contribution in [0.2, 0.25) is 0 Å². The number of halogens is 2. The molecule has 93 valence electrons. The van der Waals surface area contributed by atoms with Crippen molar-refractivity contribution in [2.24, 2.45) is 5.73 Å². The summed E-state index contributed by atoms with van der Waals surface area (Å²) in [5, 5.41) is 3.31. The smallest absolute Gasteiger partial charge is 0.126 e. The Morgan fingerprint density at radius 3 is 2.53 bits per heavy atom. The first-order valence-electron chi connectivity index (χ1n) is 5.91. The van der Waals surface area contributed by atoms with Crippen LogP contribution in [-0.2, 0) is 6.42 Å². The zero-order valence-corrected chi connectivity index (χ0v) is 9.63. The average molecular weight is 239 g/mol. The van der Waals surface area contributed by atoms with E-state index in [0.717, 1.165) is 12.6 Å². The van der Waals surface area contributed by atoms with E-state index in [9.17, 15) is 8.78 Å². The molecular weight excluding hydrogens is 222 g/mol. The Morgan fingerprint density at radius 2 is 1.94 bits per heavy atom. The lowest BCUT2D eigenvalue weighted by molar-refractivity contribution is 0.576. The second-order valence-electron chi connectivity index (χ2n) is 4.56. The molecule has 0 amide bonds. The van der Waals surface area contributed by atoms with Crippen molar-refractivity contribution < 1.29 is 8.78 Å². The fourth-order valence-electron chi connectivity index (χ4n) is 1.76. The molecule has 0 aliphatic heterocycles. The van der Waals surface area contributed by atoms with Crippen molar-refractivity contribution in [2.75, 3.05) is 6.54 Å². The maximum Gasteiger partial charge on any atom is 0.126 e. The minimum Gasteiger partial charge on any atom is -0.327 e. The highest BCUT2D eigenvalue weighted by Crippen LogP contribution is 2.18. The number of nitrogens with two attached hydrogens (primary N) is 1. The van der Waals surface area contributed by atoms with Crippen molar-refractivity contribution >= 4 is 0 Å². The third kappa shape index (κ3) is 4.40. The Hall–Kier alpha value is -1.00. The van der Waals surface area contributed by atoms with Gasteiger partial charge < -0.3 is 11.1 Å². The van der Waals surface area contributed by atoms with Gasteiger partial charge in [0.2, 0.25) is 0 Å². The van der Waals surface area contributed by atoms with E-state index in [0.29, 0.717) is 18.0 Å². The Kier molecular flexibility index (Phi) is 4.07. The molecule has 3 N–H and O–H groups in total. The first kappa shape index (κ1) is 12.5. The highest BCUT2D eigenvalue weighted by atomic mass is 19.1. The highest BCUT2D eigenvalue weighted by molar-refractivity contribution is 5.19. The molecule has 1 saturated carbocycles. The minimum absolute atomic E-state index is 0.178. The zero-order chi connectivity index (χ0) is 12.3.